The normalized spacial score (nSPS) is 14.7. The summed E-state index contributed by atoms with van der Waals surface area (Å²) in [6.45, 7) is 6.91. The highest BCUT2D eigenvalue weighted by atomic mass is 16.6. The van der Waals surface area contributed by atoms with Gasteiger partial charge in [0.05, 0.1) is 4.92 Å². The summed E-state index contributed by atoms with van der Waals surface area (Å²) in [5, 5.41) is 10.6. The average Bonchev–Trinajstić information content (AvgIpc) is 2.58. The molecule has 0 N–H and O–H groups in total. The van der Waals surface area contributed by atoms with E-state index in [0.29, 0.717) is 31.7 Å². The third kappa shape index (κ3) is 5.61. The Labute approximate surface area is 151 Å². The maximum absolute atomic E-state index is 12.1. The van der Waals surface area contributed by atoms with Crippen LogP contribution in [0.2, 0.25) is 0 Å². The summed E-state index contributed by atoms with van der Waals surface area (Å²) in [6, 6.07) is 5.82. The molecule has 0 bridgehead atoms. The minimum absolute atomic E-state index is 0.0154. The van der Waals surface area contributed by atoms with Crippen molar-refractivity contribution in [1.82, 2.24) is 9.80 Å². The molecule has 1 saturated heterocycles. The molecule has 9 heteroatoms. The molecule has 0 atom stereocenters. The van der Waals surface area contributed by atoms with Crippen molar-refractivity contribution >= 4 is 17.9 Å². The molecule has 142 valence electrons. The molecule has 0 saturated carbocycles. The van der Waals surface area contributed by atoms with Crippen LogP contribution in [-0.2, 0) is 16.1 Å². The number of rotatable bonds is 3. The highest BCUT2D eigenvalue weighted by molar-refractivity contribution is 5.70. The second-order valence-electron chi connectivity index (χ2n) is 6.93. The van der Waals surface area contributed by atoms with Gasteiger partial charge in [0.15, 0.2) is 0 Å². The van der Waals surface area contributed by atoms with Crippen molar-refractivity contribution in [1.29, 1.82) is 0 Å². The number of carbonyl (C=O) groups is 2. The Morgan fingerprint density at radius 2 is 1.54 bits per heavy atom. The molecule has 2 rings (SSSR count). The van der Waals surface area contributed by atoms with Crippen LogP contribution in [0, 0.1) is 10.1 Å². The first-order valence-corrected chi connectivity index (χ1v) is 8.29. The topological polar surface area (TPSA) is 102 Å². The number of nitrogens with zero attached hydrogens (tertiary/aromatic N) is 3. The van der Waals surface area contributed by atoms with Crippen LogP contribution in [0.5, 0.6) is 0 Å². The molecule has 0 aromatic heterocycles. The van der Waals surface area contributed by atoms with E-state index < -0.39 is 22.7 Å². The summed E-state index contributed by atoms with van der Waals surface area (Å²) in [4.78, 5) is 37.3. The third-order valence-electron chi connectivity index (χ3n) is 3.70. The van der Waals surface area contributed by atoms with Gasteiger partial charge in [-0.05, 0) is 38.5 Å². The zero-order valence-electron chi connectivity index (χ0n) is 15.1. The summed E-state index contributed by atoms with van der Waals surface area (Å²) in [5.74, 6) is 0. The Kier molecular flexibility index (Phi) is 6.01. The summed E-state index contributed by atoms with van der Waals surface area (Å²) < 4.78 is 10.5. The van der Waals surface area contributed by atoms with Gasteiger partial charge in [-0.15, -0.1) is 0 Å². The lowest BCUT2D eigenvalue weighted by molar-refractivity contribution is -0.384. The second kappa shape index (κ2) is 8.03. The van der Waals surface area contributed by atoms with Gasteiger partial charge in [0.25, 0.3) is 5.69 Å². The minimum atomic E-state index is -0.558. The minimum Gasteiger partial charge on any atom is -0.445 e. The van der Waals surface area contributed by atoms with Crippen LogP contribution < -0.4 is 0 Å². The van der Waals surface area contributed by atoms with Crippen molar-refractivity contribution < 1.29 is 24.0 Å². The van der Waals surface area contributed by atoms with Crippen molar-refractivity contribution in [2.24, 2.45) is 0 Å². The largest absolute Gasteiger partial charge is 0.445 e. The van der Waals surface area contributed by atoms with E-state index in [0.717, 1.165) is 0 Å². The van der Waals surface area contributed by atoms with Gasteiger partial charge in [0.2, 0.25) is 0 Å². The van der Waals surface area contributed by atoms with Gasteiger partial charge < -0.3 is 19.3 Å². The average molecular weight is 365 g/mol. The van der Waals surface area contributed by atoms with Crippen molar-refractivity contribution in [3.05, 3.63) is 39.9 Å². The number of non-ortho nitro benzene ring substituents is 1. The van der Waals surface area contributed by atoms with E-state index in [-0.39, 0.29) is 12.3 Å². The number of nitro benzene ring substituents is 1. The van der Waals surface area contributed by atoms with E-state index in [4.69, 9.17) is 9.47 Å². The molecule has 1 aromatic rings. The monoisotopic (exact) mass is 365 g/mol. The molecule has 1 fully saturated rings. The molecule has 9 nitrogen and oxygen atoms in total. The van der Waals surface area contributed by atoms with Crippen LogP contribution in [0.1, 0.15) is 26.3 Å². The summed E-state index contributed by atoms with van der Waals surface area (Å²) in [5.41, 5.74) is 0.0902. The zero-order valence-corrected chi connectivity index (χ0v) is 15.1. The standard InChI is InChI=1S/C17H23N3O6/c1-17(2,3)26-16(22)19-10-8-18(9-11-19)15(21)25-12-13-4-6-14(7-5-13)20(23)24/h4-7H,8-12H2,1-3H3. The van der Waals surface area contributed by atoms with E-state index in [9.17, 15) is 19.7 Å². The first-order chi connectivity index (χ1) is 12.2. The van der Waals surface area contributed by atoms with Crippen LogP contribution >= 0.6 is 0 Å². The fraction of sp³-hybridized carbons (Fsp3) is 0.529. The Morgan fingerprint density at radius 3 is 2.00 bits per heavy atom. The van der Waals surface area contributed by atoms with Crippen molar-refractivity contribution in [2.75, 3.05) is 26.2 Å². The molecule has 0 spiro atoms. The summed E-state index contributed by atoms with van der Waals surface area (Å²) in [7, 11) is 0. The molecule has 1 aliphatic rings. The fourth-order valence-electron chi connectivity index (χ4n) is 2.35. The molecule has 1 aromatic carbocycles. The Morgan fingerprint density at radius 1 is 1.04 bits per heavy atom. The second-order valence-corrected chi connectivity index (χ2v) is 6.93. The molecule has 1 heterocycles. The lowest BCUT2D eigenvalue weighted by Gasteiger charge is -2.35. The molecule has 1 aliphatic heterocycles. The Bertz CT molecular complexity index is 660. The maximum Gasteiger partial charge on any atom is 0.410 e. The van der Waals surface area contributed by atoms with Crippen molar-refractivity contribution in [3.63, 3.8) is 0 Å². The summed E-state index contributed by atoms with van der Waals surface area (Å²) in [6.07, 6.45) is -0.872. The van der Waals surface area contributed by atoms with E-state index in [1.54, 1.807) is 37.8 Å². The Hall–Kier alpha value is -2.84. The predicted molar refractivity (Wildman–Crippen MR) is 92.7 cm³/mol. The molecule has 0 unspecified atom stereocenters. The third-order valence-corrected chi connectivity index (χ3v) is 3.70. The van der Waals surface area contributed by atoms with Gasteiger partial charge in [-0.2, -0.15) is 0 Å². The number of nitro groups is 1. The van der Waals surface area contributed by atoms with Crippen LogP contribution in [0.3, 0.4) is 0 Å². The highest BCUT2D eigenvalue weighted by Crippen LogP contribution is 2.14. The first kappa shape index (κ1) is 19.5. The SMILES string of the molecule is CC(C)(C)OC(=O)N1CCN(C(=O)OCc2ccc([N+](=O)[O-])cc2)CC1. The van der Waals surface area contributed by atoms with E-state index in [1.165, 1.54) is 17.0 Å². The van der Waals surface area contributed by atoms with Gasteiger partial charge in [-0.25, -0.2) is 9.59 Å². The van der Waals surface area contributed by atoms with Crippen LogP contribution in [0.15, 0.2) is 24.3 Å². The number of carbonyl (C=O) groups excluding carboxylic acids is 2. The van der Waals surface area contributed by atoms with Crippen molar-refractivity contribution in [2.45, 2.75) is 33.0 Å². The van der Waals surface area contributed by atoms with Gasteiger partial charge in [-0.1, -0.05) is 0 Å². The number of ether oxygens (including phenoxy) is 2. The van der Waals surface area contributed by atoms with Gasteiger partial charge in [0.1, 0.15) is 12.2 Å². The zero-order chi connectivity index (χ0) is 19.3. The first-order valence-electron chi connectivity index (χ1n) is 8.29. The highest BCUT2D eigenvalue weighted by Gasteiger charge is 2.28. The van der Waals surface area contributed by atoms with Crippen LogP contribution in [0.4, 0.5) is 15.3 Å². The predicted octanol–water partition coefficient (Wildman–Crippen LogP) is 2.78. The summed E-state index contributed by atoms with van der Waals surface area (Å²) >= 11 is 0. The fourth-order valence-corrected chi connectivity index (χ4v) is 2.35. The molecular formula is C17H23N3O6. The van der Waals surface area contributed by atoms with E-state index >= 15 is 0 Å². The lowest BCUT2D eigenvalue weighted by atomic mass is 10.2. The molecule has 0 aliphatic carbocycles. The van der Waals surface area contributed by atoms with E-state index in [1.807, 2.05) is 0 Å². The van der Waals surface area contributed by atoms with Crippen molar-refractivity contribution in [3.8, 4) is 0 Å². The molecule has 0 radical (unpaired) electrons. The number of amides is 2. The van der Waals surface area contributed by atoms with Gasteiger partial charge >= 0.3 is 12.2 Å². The molecule has 2 amide bonds. The Balaban J connectivity index is 1.77. The van der Waals surface area contributed by atoms with Crippen LogP contribution in [0.25, 0.3) is 0 Å². The number of benzene rings is 1. The maximum atomic E-state index is 12.1. The number of piperazine rings is 1. The lowest BCUT2D eigenvalue weighted by Crippen LogP contribution is -2.51. The smallest absolute Gasteiger partial charge is 0.410 e. The molecule has 26 heavy (non-hydrogen) atoms. The van der Waals surface area contributed by atoms with Gasteiger partial charge in [0, 0.05) is 38.3 Å². The van der Waals surface area contributed by atoms with Crippen LogP contribution in [-0.4, -0.2) is 58.7 Å². The van der Waals surface area contributed by atoms with Gasteiger partial charge in [-0.3, -0.25) is 10.1 Å². The molecular weight excluding hydrogens is 342 g/mol. The number of hydrogen-bond acceptors (Lipinski definition) is 6. The van der Waals surface area contributed by atoms with E-state index in [2.05, 4.69) is 0 Å². The number of hydrogen-bond donors (Lipinski definition) is 0. The quantitative estimate of drug-likeness (QED) is 0.603.